The fourth-order valence-electron chi connectivity index (χ4n) is 2.26. The Bertz CT molecular complexity index is 496. The molecule has 1 aromatic carbocycles. The second kappa shape index (κ2) is 6.73. The molecule has 0 aliphatic carbocycles. The third-order valence-electron chi connectivity index (χ3n) is 3.17. The Labute approximate surface area is 119 Å². The average Bonchev–Trinajstić information content (AvgIpc) is 2.88. The first-order valence-corrected chi connectivity index (χ1v) is 7.05. The molecule has 4 heteroatoms. The summed E-state index contributed by atoms with van der Waals surface area (Å²) in [4.78, 5) is 0. The smallest absolute Gasteiger partial charge is 0.0560 e. The standard InChI is InChI=1S/C15H20ClN3/c1-3-15(13-6-4-7-14(16)10-13)18-12(2)11-19-9-5-8-17-19/h4-10,12,15,18H,3,11H2,1-2H3. The summed E-state index contributed by atoms with van der Waals surface area (Å²) in [5.41, 5.74) is 1.24. The van der Waals surface area contributed by atoms with Gasteiger partial charge in [0.15, 0.2) is 0 Å². The lowest BCUT2D eigenvalue weighted by Crippen LogP contribution is -2.33. The number of nitrogens with zero attached hydrogens (tertiary/aromatic N) is 2. The molecule has 1 heterocycles. The van der Waals surface area contributed by atoms with E-state index in [1.54, 1.807) is 6.20 Å². The molecule has 1 N–H and O–H groups in total. The van der Waals surface area contributed by atoms with Gasteiger partial charge in [-0.1, -0.05) is 30.7 Å². The van der Waals surface area contributed by atoms with Gasteiger partial charge >= 0.3 is 0 Å². The van der Waals surface area contributed by atoms with Gasteiger partial charge in [-0.05, 0) is 37.1 Å². The zero-order chi connectivity index (χ0) is 13.7. The minimum absolute atomic E-state index is 0.323. The minimum atomic E-state index is 0.323. The van der Waals surface area contributed by atoms with E-state index in [2.05, 4.69) is 30.3 Å². The van der Waals surface area contributed by atoms with Gasteiger partial charge < -0.3 is 5.32 Å². The molecule has 0 radical (unpaired) electrons. The molecule has 0 saturated carbocycles. The van der Waals surface area contributed by atoms with Crippen molar-refractivity contribution >= 4 is 11.6 Å². The van der Waals surface area contributed by atoms with Crippen molar-refractivity contribution in [3.05, 3.63) is 53.3 Å². The van der Waals surface area contributed by atoms with Crippen molar-refractivity contribution in [2.24, 2.45) is 0 Å². The highest BCUT2D eigenvalue weighted by atomic mass is 35.5. The summed E-state index contributed by atoms with van der Waals surface area (Å²) in [5.74, 6) is 0. The highest BCUT2D eigenvalue weighted by molar-refractivity contribution is 6.30. The maximum absolute atomic E-state index is 6.06. The zero-order valence-electron chi connectivity index (χ0n) is 11.4. The molecule has 3 nitrogen and oxygen atoms in total. The minimum Gasteiger partial charge on any atom is -0.306 e. The molecule has 0 bridgehead atoms. The van der Waals surface area contributed by atoms with E-state index in [1.165, 1.54) is 5.56 Å². The summed E-state index contributed by atoms with van der Waals surface area (Å²) < 4.78 is 1.95. The van der Waals surface area contributed by atoms with E-state index in [-0.39, 0.29) is 0 Å². The second-order valence-electron chi connectivity index (χ2n) is 4.81. The zero-order valence-corrected chi connectivity index (χ0v) is 12.1. The molecule has 0 aliphatic rings. The first-order chi connectivity index (χ1) is 9.19. The second-order valence-corrected chi connectivity index (χ2v) is 5.25. The predicted octanol–water partition coefficient (Wildman–Crippen LogP) is 3.67. The normalized spacial score (nSPS) is 14.3. The van der Waals surface area contributed by atoms with Gasteiger partial charge in [0.2, 0.25) is 0 Å². The van der Waals surface area contributed by atoms with E-state index >= 15 is 0 Å². The van der Waals surface area contributed by atoms with Crippen LogP contribution in [0.25, 0.3) is 0 Å². The number of halogens is 1. The van der Waals surface area contributed by atoms with Crippen molar-refractivity contribution in [2.75, 3.05) is 0 Å². The van der Waals surface area contributed by atoms with Crippen LogP contribution >= 0.6 is 11.6 Å². The maximum Gasteiger partial charge on any atom is 0.0560 e. The lowest BCUT2D eigenvalue weighted by atomic mass is 10.0. The molecule has 0 amide bonds. The molecule has 0 aliphatic heterocycles. The van der Waals surface area contributed by atoms with Gasteiger partial charge in [0.1, 0.15) is 0 Å². The lowest BCUT2D eigenvalue weighted by molar-refractivity contribution is 0.393. The third kappa shape index (κ3) is 4.08. The molecule has 19 heavy (non-hydrogen) atoms. The van der Waals surface area contributed by atoms with E-state index < -0.39 is 0 Å². The Hall–Kier alpha value is -1.32. The van der Waals surface area contributed by atoms with Crippen LogP contribution in [0.4, 0.5) is 0 Å². The number of rotatable bonds is 6. The number of hydrogen-bond donors (Lipinski definition) is 1. The van der Waals surface area contributed by atoms with Gasteiger partial charge in [0, 0.05) is 29.5 Å². The van der Waals surface area contributed by atoms with Crippen LogP contribution in [-0.4, -0.2) is 15.8 Å². The molecule has 1 aromatic heterocycles. The number of nitrogens with one attached hydrogen (secondary N) is 1. The summed E-state index contributed by atoms with van der Waals surface area (Å²) >= 11 is 6.06. The van der Waals surface area contributed by atoms with Crippen LogP contribution in [0.1, 0.15) is 31.9 Å². The van der Waals surface area contributed by atoms with Gasteiger partial charge in [-0.25, -0.2) is 0 Å². The van der Waals surface area contributed by atoms with Crippen molar-refractivity contribution in [1.82, 2.24) is 15.1 Å². The van der Waals surface area contributed by atoms with Crippen LogP contribution in [-0.2, 0) is 6.54 Å². The van der Waals surface area contributed by atoms with E-state index in [9.17, 15) is 0 Å². The van der Waals surface area contributed by atoms with Crippen LogP contribution in [0.3, 0.4) is 0 Å². The molecular weight excluding hydrogens is 258 g/mol. The van der Waals surface area contributed by atoms with Crippen LogP contribution in [0.5, 0.6) is 0 Å². The number of benzene rings is 1. The summed E-state index contributed by atoms with van der Waals surface area (Å²) in [6, 6.07) is 10.7. The van der Waals surface area contributed by atoms with Crippen LogP contribution in [0.15, 0.2) is 42.7 Å². The molecule has 0 spiro atoms. The topological polar surface area (TPSA) is 29.9 Å². The molecule has 2 unspecified atom stereocenters. The van der Waals surface area contributed by atoms with Crippen molar-refractivity contribution in [2.45, 2.75) is 38.9 Å². The Balaban J connectivity index is 1.98. The first kappa shape index (κ1) is 14.1. The Morgan fingerprint density at radius 2 is 2.21 bits per heavy atom. The molecule has 2 rings (SSSR count). The Kier molecular flexibility index (Phi) is 5.00. The van der Waals surface area contributed by atoms with Crippen molar-refractivity contribution < 1.29 is 0 Å². The predicted molar refractivity (Wildman–Crippen MR) is 79.3 cm³/mol. The van der Waals surface area contributed by atoms with Gasteiger partial charge in [-0.15, -0.1) is 0 Å². The van der Waals surface area contributed by atoms with E-state index in [0.29, 0.717) is 12.1 Å². The summed E-state index contributed by atoms with van der Waals surface area (Å²) in [5, 5.41) is 8.65. The monoisotopic (exact) mass is 277 g/mol. The first-order valence-electron chi connectivity index (χ1n) is 6.68. The average molecular weight is 278 g/mol. The maximum atomic E-state index is 6.06. The van der Waals surface area contributed by atoms with E-state index in [4.69, 9.17) is 11.6 Å². The fraction of sp³-hybridized carbons (Fsp3) is 0.400. The summed E-state index contributed by atoms with van der Waals surface area (Å²) in [6.07, 6.45) is 4.82. The molecule has 102 valence electrons. The van der Waals surface area contributed by atoms with Gasteiger partial charge in [-0.2, -0.15) is 5.10 Å². The van der Waals surface area contributed by atoms with Gasteiger partial charge in [-0.3, -0.25) is 4.68 Å². The van der Waals surface area contributed by atoms with Gasteiger partial charge in [0.05, 0.1) is 6.54 Å². The van der Waals surface area contributed by atoms with Crippen molar-refractivity contribution in [1.29, 1.82) is 0 Å². The Morgan fingerprint density at radius 1 is 1.37 bits per heavy atom. The molecular formula is C15H20ClN3. The Morgan fingerprint density at radius 3 is 2.84 bits per heavy atom. The SMILES string of the molecule is CCC(NC(C)Cn1cccn1)c1cccc(Cl)c1. The summed E-state index contributed by atoms with van der Waals surface area (Å²) in [7, 11) is 0. The van der Waals surface area contributed by atoms with Gasteiger partial charge in [0.25, 0.3) is 0 Å². The van der Waals surface area contributed by atoms with E-state index in [1.807, 2.05) is 35.1 Å². The highest BCUT2D eigenvalue weighted by Gasteiger charge is 2.13. The van der Waals surface area contributed by atoms with E-state index in [0.717, 1.165) is 18.0 Å². The molecule has 2 atom stereocenters. The largest absolute Gasteiger partial charge is 0.306 e. The highest BCUT2D eigenvalue weighted by Crippen LogP contribution is 2.20. The lowest BCUT2D eigenvalue weighted by Gasteiger charge is -2.23. The van der Waals surface area contributed by atoms with Crippen LogP contribution in [0, 0.1) is 0 Å². The van der Waals surface area contributed by atoms with Crippen LogP contribution in [0.2, 0.25) is 5.02 Å². The number of aromatic nitrogens is 2. The number of hydrogen-bond acceptors (Lipinski definition) is 2. The fourth-order valence-corrected chi connectivity index (χ4v) is 2.46. The van der Waals surface area contributed by atoms with Crippen LogP contribution < -0.4 is 5.32 Å². The molecule has 2 aromatic rings. The molecule has 0 fully saturated rings. The summed E-state index contributed by atoms with van der Waals surface area (Å²) in [6.45, 7) is 5.22. The van der Waals surface area contributed by atoms with Crippen molar-refractivity contribution in [3.63, 3.8) is 0 Å². The molecule has 0 saturated heterocycles. The van der Waals surface area contributed by atoms with Crippen molar-refractivity contribution in [3.8, 4) is 0 Å². The quantitative estimate of drug-likeness (QED) is 0.873. The third-order valence-corrected chi connectivity index (χ3v) is 3.40.